The maximum Gasteiger partial charge on any atom is 0.271 e. The van der Waals surface area contributed by atoms with Crippen molar-refractivity contribution in [3.8, 4) is 5.69 Å². The number of likely N-dealkylation sites (N-methyl/N-ethyl adjacent to an activating group) is 1. The van der Waals surface area contributed by atoms with Crippen LogP contribution in [0.4, 0.5) is 0 Å². The van der Waals surface area contributed by atoms with Crippen LogP contribution in [-0.2, 0) is 0 Å². The minimum atomic E-state index is -0.282. The SMILES string of the molecule is CCNCCNC(=O)c1cc(=O)n(-c2ccc(C)cc2)[nH]1. The molecule has 0 radical (unpaired) electrons. The van der Waals surface area contributed by atoms with Crippen molar-refractivity contribution in [2.45, 2.75) is 13.8 Å². The molecule has 0 atom stereocenters. The van der Waals surface area contributed by atoms with Gasteiger partial charge in [0.25, 0.3) is 11.5 Å². The van der Waals surface area contributed by atoms with Crippen LogP contribution in [-0.4, -0.2) is 35.3 Å². The van der Waals surface area contributed by atoms with Gasteiger partial charge >= 0.3 is 0 Å². The number of hydrogen-bond acceptors (Lipinski definition) is 3. The first kappa shape index (κ1) is 15.1. The van der Waals surface area contributed by atoms with Crippen LogP contribution < -0.4 is 16.2 Å². The summed E-state index contributed by atoms with van der Waals surface area (Å²) in [5.41, 5.74) is 1.82. The van der Waals surface area contributed by atoms with E-state index in [9.17, 15) is 9.59 Å². The van der Waals surface area contributed by atoms with Crippen molar-refractivity contribution < 1.29 is 4.79 Å². The molecule has 0 aliphatic heterocycles. The first-order chi connectivity index (χ1) is 10.1. The van der Waals surface area contributed by atoms with E-state index in [1.165, 1.54) is 10.7 Å². The molecule has 1 amide bonds. The van der Waals surface area contributed by atoms with Gasteiger partial charge in [0.1, 0.15) is 5.69 Å². The van der Waals surface area contributed by atoms with Gasteiger partial charge in [-0.1, -0.05) is 24.6 Å². The average molecular weight is 288 g/mol. The number of nitrogens with zero attached hydrogens (tertiary/aromatic N) is 1. The number of rotatable bonds is 6. The fourth-order valence-corrected chi connectivity index (χ4v) is 1.93. The first-order valence-corrected chi connectivity index (χ1v) is 7.00. The molecule has 6 nitrogen and oxygen atoms in total. The Bertz CT molecular complexity index is 655. The van der Waals surface area contributed by atoms with Crippen LogP contribution in [0.25, 0.3) is 5.69 Å². The molecule has 1 aromatic heterocycles. The number of aromatic amines is 1. The highest BCUT2D eigenvalue weighted by Gasteiger charge is 2.11. The molecule has 21 heavy (non-hydrogen) atoms. The van der Waals surface area contributed by atoms with E-state index in [1.54, 1.807) is 0 Å². The van der Waals surface area contributed by atoms with Gasteiger partial charge in [0.05, 0.1) is 5.69 Å². The second-order valence-electron chi connectivity index (χ2n) is 4.79. The quantitative estimate of drug-likeness (QED) is 0.688. The fourth-order valence-electron chi connectivity index (χ4n) is 1.93. The number of carbonyl (C=O) groups is 1. The largest absolute Gasteiger partial charge is 0.349 e. The summed E-state index contributed by atoms with van der Waals surface area (Å²) in [6.45, 7) is 6.05. The molecule has 1 heterocycles. The van der Waals surface area contributed by atoms with Gasteiger partial charge < -0.3 is 10.6 Å². The van der Waals surface area contributed by atoms with Crippen LogP contribution in [0.2, 0.25) is 0 Å². The molecule has 0 bridgehead atoms. The van der Waals surface area contributed by atoms with Crippen LogP contribution in [0.3, 0.4) is 0 Å². The summed E-state index contributed by atoms with van der Waals surface area (Å²) < 4.78 is 1.36. The van der Waals surface area contributed by atoms with Crippen LogP contribution >= 0.6 is 0 Å². The number of H-pyrrole nitrogens is 1. The minimum Gasteiger partial charge on any atom is -0.349 e. The molecular formula is C15H20N4O2. The third-order valence-electron chi connectivity index (χ3n) is 3.09. The molecule has 0 saturated heterocycles. The Balaban J connectivity index is 2.10. The Labute approximate surface area is 123 Å². The number of carbonyl (C=O) groups excluding carboxylic acids is 1. The summed E-state index contributed by atoms with van der Waals surface area (Å²) in [5, 5.41) is 8.69. The summed E-state index contributed by atoms with van der Waals surface area (Å²) in [4.78, 5) is 23.9. The molecule has 0 fully saturated rings. The van der Waals surface area contributed by atoms with Gasteiger partial charge in [0.15, 0.2) is 0 Å². The Morgan fingerprint density at radius 3 is 2.62 bits per heavy atom. The predicted octanol–water partition coefficient (Wildman–Crippen LogP) is 0.813. The number of amides is 1. The minimum absolute atomic E-state index is 0.254. The molecule has 0 aliphatic carbocycles. The normalized spacial score (nSPS) is 10.6. The number of benzene rings is 1. The summed E-state index contributed by atoms with van der Waals surface area (Å²) in [5.74, 6) is -0.282. The lowest BCUT2D eigenvalue weighted by atomic mass is 10.2. The maximum atomic E-state index is 11.9. The van der Waals surface area contributed by atoms with Crippen LogP contribution in [0, 0.1) is 6.92 Å². The van der Waals surface area contributed by atoms with Gasteiger partial charge in [0, 0.05) is 19.2 Å². The third kappa shape index (κ3) is 3.82. The molecule has 3 N–H and O–H groups in total. The highest BCUT2D eigenvalue weighted by molar-refractivity contribution is 5.92. The van der Waals surface area contributed by atoms with E-state index in [0.29, 0.717) is 18.8 Å². The van der Waals surface area contributed by atoms with Gasteiger partial charge in [-0.05, 0) is 25.6 Å². The van der Waals surface area contributed by atoms with Gasteiger partial charge in [-0.25, -0.2) is 4.68 Å². The molecule has 112 valence electrons. The summed E-state index contributed by atoms with van der Waals surface area (Å²) in [6.07, 6.45) is 0. The molecule has 2 aromatic rings. The van der Waals surface area contributed by atoms with Crippen molar-refractivity contribution >= 4 is 5.91 Å². The Morgan fingerprint density at radius 1 is 1.24 bits per heavy atom. The number of aryl methyl sites for hydroxylation is 1. The van der Waals surface area contributed by atoms with Crippen molar-refractivity contribution in [3.05, 3.63) is 51.9 Å². The van der Waals surface area contributed by atoms with Crippen molar-refractivity contribution in [3.63, 3.8) is 0 Å². The number of aromatic nitrogens is 2. The second kappa shape index (κ2) is 6.90. The predicted molar refractivity (Wildman–Crippen MR) is 82.0 cm³/mol. The summed E-state index contributed by atoms with van der Waals surface area (Å²) >= 11 is 0. The van der Waals surface area contributed by atoms with E-state index < -0.39 is 0 Å². The monoisotopic (exact) mass is 288 g/mol. The molecule has 1 aromatic carbocycles. The smallest absolute Gasteiger partial charge is 0.271 e. The van der Waals surface area contributed by atoms with Crippen molar-refractivity contribution in [1.29, 1.82) is 0 Å². The lowest BCUT2D eigenvalue weighted by Crippen LogP contribution is -2.32. The van der Waals surface area contributed by atoms with Crippen molar-refractivity contribution in [2.24, 2.45) is 0 Å². The average Bonchev–Trinajstić information content (AvgIpc) is 2.86. The van der Waals surface area contributed by atoms with E-state index in [-0.39, 0.29) is 17.2 Å². The standard InChI is InChI=1S/C15H20N4O2/c1-3-16-8-9-17-15(21)13-10-14(20)19(18-13)12-6-4-11(2)5-7-12/h4-7,10,16,18H,3,8-9H2,1-2H3,(H,17,21). The second-order valence-corrected chi connectivity index (χ2v) is 4.79. The molecule has 0 unspecified atom stereocenters. The molecule has 6 heteroatoms. The van der Waals surface area contributed by atoms with Crippen LogP contribution in [0.5, 0.6) is 0 Å². The maximum absolute atomic E-state index is 11.9. The van der Waals surface area contributed by atoms with Gasteiger partial charge in [0.2, 0.25) is 0 Å². The van der Waals surface area contributed by atoms with E-state index in [1.807, 2.05) is 38.1 Å². The van der Waals surface area contributed by atoms with Crippen LogP contribution in [0.15, 0.2) is 35.1 Å². The lowest BCUT2D eigenvalue weighted by molar-refractivity contribution is 0.0948. The van der Waals surface area contributed by atoms with Crippen molar-refractivity contribution in [2.75, 3.05) is 19.6 Å². The molecule has 2 rings (SSSR count). The van der Waals surface area contributed by atoms with E-state index in [2.05, 4.69) is 15.7 Å². The molecule has 0 saturated carbocycles. The topological polar surface area (TPSA) is 78.9 Å². The lowest BCUT2D eigenvalue weighted by Gasteiger charge is -2.04. The van der Waals surface area contributed by atoms with E-state index in [4.69, 9.17) is 0 Å². The van der Waals surface area contributed by atoms with E-state index in [0.717, 1.165) is 12.1 Å². The molecule has 0 spiro atoms. The Hall–Kier alpha value is -2.34. The highest BCUT2D eigenvalue weighted by atomic mass is 16.2. The zero-order valence-electron chi connectivity index (χ0n) is 12.3. The van der Waals surface area contributed by atoms with Crippen molar-refractivity contribution in [1.82, 2.24) is 20.4 Å². The molecular weight excluding hydrogens is 268 g/mol. The third-order valence-corrected chi connectivity index (χ3v) is 3.09. The number of nitrogens with one attached hydrogen (secondary N) is 3. The van der Waals surface area contributed by atoms with Gasteiger partial charge in [-0.2, -0.15) is 0 Å². The number of hydrogen-bond donors (Lipinski definition) is 3. The van der Waals surface area contributed by atoms with Gasteiger partial charge in [-0.15, -0.1) is 0 Å². The zero-order chi connectivity index (χ0) is 15.2. The van der Waals surface area contributed by atoms with Crippen LogP contribution in [0.1, 0.15) is 23.0 Å². The highest BCUT2D eigenvalue weighted by Crippen LogP contribution is 2.06. The fraction of sp³-hybridized carbons (Fsp3) is 0.333. The summed E-state index contributed by atoms with van der Waals surface area (Å²) in [6, 6.07) is 8.81. The van der Waals surface area contributed by atoms with E-state index >= 15 is 0 Å². The van der Waals surface area contributed by atoms with Gasteiger partial charge in [-0.3, -0.25) is 14.7 Å². The zero-order valence-corrected chi connectivity index (χ0v) is 12.3. The first-order valence-electron chi connectivity index (χ1n) is 7.00. The Kier molecular flexibility index (Phi) is 4.94. The Morgan fingerprint density at radius 2 is 1.95 bits per heavy atom. The molecule has 0 aliphatic rings. The summed E-state index contributed by atoms with van der Waals surface area (Å²) in [7, 11) is 0.